The van der Waals surface area contributed by atoms with Gasteiger partial charge in [0.15, 0.2) is 0 Å². The average molecular weight is 300 g/mol. The van der Waals surface area contributed by atoms with Crippen LogP contribution >= 0.6 is 0 Å². The minimum Gasteiger partial charge on any atom is -0.318 e. The summed E-state index contributed by atoms with van der Waals surface area (Å²) in [4.78, 5) is 23.9. The predicted molar refractivity (Wildman–Crippen MR) is 84.3 cm³/mol. The van der Waals surface area contributed by atoms with Crippen LogP contribution in [-0.2, 0) is 9.59 Å². The van der Waals surface area contributed by atoms with E-state index < -0.39 is 17.6 Å². The summed E-state index contributed by atoms with van der Waals surface area (Å²) < 4.78 is 12.8. The summed E-state index contributed by atoms with van der Waals surface area (Å²) in [6, 6.07) is 9.07. The van der Waals surface area contributed by atoms with Crippen molar-refractivity contribution in [3.63, 3.8) is 0 Å². The van der Waals surface area contributed by atoms with Crippen molar-refractivity contribution in [2.24, 2.45) is 0 Å². The first kappa shape index (κ1) is 15.7. The Morgan fingerprint density at radius 1 is 0.864 bits per heavy atom. The fraction of sp³-hybridized carbons (Fsp3) is 0.176. The van der Waals surface area contributed by atoms with Gasteiger partial charge in [-0.05, 0) is 56.2 Å². The zero-order chi connectivity index (χ0) is 16.3. The molecule has 0 bridgehead atoms. The number of benzene rings is 2. The Hall–Kier alpha value is -2.69. The van der Waals surface area contributed by atoms with Crippen LogP contribution in [0.25, 0.3) is 0 Å². The molecule has 0 aromatic heterocycles. The van der Waals surface area contributed by atoms with E-state index in [0.717, 1.165) is 16.7 Å². The van der Waals surface area contributed by atoms with E-state index in [-0.39, 0.29) is 0 Å². The molecular weight excluding hydrogens is 283 g/mol. The summed E-state index contributed by atoms with van der Waals surface area (Å²) in [7, 11) is 0. The average Bonchev–Trinajstić information content (AvgIpc) is 2.45. The van der Waals surface area contributed by atoms with Gasteiger partial charge in [0.1, 0.15) is 5.82 Å². The van der Waals surface area contributed by atoms with Crippen molar-refractivity contribution in [3.05, 3.63) is 58.9 Å². The zero-order valence-corrected chi connectivity index (χ0v) is 12.7. The molecule has 0 aliphatic rings. The van der Waals surface area contributed by atoms with Gasteiger partial charge >= 0.3 is 11.8 Å². The zero-order valence-electron chi connectivity index (χ0n) is 12.7. The number of halogens is 1. The van der Waals surface area contributed by atoms with Gasteiger partial charge in [0, 0.05) is 11.4 Å². The fourth-order valence-corrected chi connectivity index (χ4v) is 2.27. The van der Waals surface area contributed by atoms with E-state index >= 15 is 0 Å². The van der Waals surface area contributed by atoms with E-state index in [9.17, 15) is 14.0 Å². The van der Waals surface area contributed by atoms with Crippen LogP contribution in [0.3, 0.4) is 0 Å². The number of hydrogen-bond acceptors (Lipinski definition) is 2. The van der Waals surface area contributed by atoms with E-state index in [4.69, 9.17) is 0 Å². The van der Waals surface area contributed by atoms with Gasteiger partial charge in [0.2, 0.25) is 0 Å². The second-order valence-corrected chi connectivity index (χ2v) is 5.19. The van der Waals surface area contributed by atoms with Gasteiger partial charge in [-0.2, -0.15) is 0 Å². The van der Waals surface area contributed by atoms with Crippen LogP contribution in [0.4, 0.5) is 15.8 Å². The van der Waals surface area contributed by atoms with Crippen LogP contribution in [0.15, 0.2) is 36.4 Å². The lowest BCUT2D eigenvalue weighted by Gasteiger charge is -2.12. The van der Waals surface area contributed by atoms with Crippen molar-refractivity contribution in [1.29, 1.82) is 0 Å². The Bertz CT molecular complexity index is 701. The maximum Gasteiger partial charge on any atom is 0.314 e. The molecule has 22 heavy (non-hydrogen) atoms. The Morgan fingerprint density at radius 2 is 1.36 bits per heavy atom. The maximum atomic E-state index is 12.8. The lowest BCUT2D eigenvalue weighted by atomic mass is 10.1. The quantitative estimate of drug-likeness (QED) is 0.836. The highest BCUT2D eigenvalue weighted by Gasteiger charge is 2.16. The number of hydrogen-bond donors (Lipinski definition) is 2. The number of rotatable bonds is 2. The predicted octanol–water partition coefficient (Wildman–Crippen LogP) is 3.33. The normalized spacial score (nSPS) is 10.2. The number of carbonyl (C=O) groups excluding carboxylic acids is 2. The van der Waals surface area contributed by atoms with Gasteiger partial charge < -0.3 is 10.6 Å². The molecule has 0 saturated heterocycles. The third kappa shape index (κ3) is 3.69. The lowest BCUT2D eigenvalue weighted by Crippen LogP contribution is -2.29. The Morgan fingerprint density at radius 3 is 1.91 bits per heavy atom. The minimum absolute atomic E-state index is 0.360. The van der Waals surface area contributed by atoms with Gasteiger partial charge in [0.25, 0.3) is 0 Å². The second kappa shape index (κ2) is 6.39. The molecule has 0 fully saturated rings. The molecule has 0 saturated carbocycles. The molecule has 0 spiro atoms. The molecule has 2 N–H and O–H groups in total. The SMILES string of the molecule is Cc1cc(C)c(NC(=O)C(=O)Nc2ccc(F)cc2)c(C)c1. The second-order valence-electron chi connectivity index (χ2n) is 5.19. The third-order valence-corrected chi connectivity index (χ3v) is 3.22. The van der Waals surface area contributed by atoms with Crippen LogP contribution in [0, 0.1) is 26.6 Å². The van der Waals surface area contributed by atoms with Crippen LogP contribution in [-0.4, -0.2) is 11.8 Å². The van der Waals surface area contributed by atoms with Crippen molar-refractivity contribution < 1.29 is 14.0 Å². The molecule has 2 rings (SSSR count). The summed E-state index contributed by atoms with van der Waals surface area (Å²) in [6.45, 7) is 5.70. The molecule has 2 aromatic rings. The summed E-state index contributed by atoms with van der Waals surface area (Å²) in [5.41, 5.74) is 3.85. The van der Waals surface area contributed by atoms with Gasteiger partial charge in [-0.15, -0.1) is 0 Å². The molecule has 5 heteroatoms. The molecule has 0 radical (unpaired) electrons. The molecule has 2 amide bonds. The number of nitrogens with one attached hydrogen (secondary N) is 2. The van der Waals surface area contributed by atoms with E-state index in [0.29, 0.717) is 11.4 Å². The summed E-state index contributed by atoms with van der Waals surface area (Å²) >= 11 is 0. The van der Waals surface area contributed by atoms with Crippen LogP contribution in [0.5, 0.6) is 0 Å². The molecule has 0 atom stereocenters. The van der Waals surface area contributed by atoms with E-state index in [2.05, 4.69) is 10.6 Å². The minimum atomic E-state index is -0.800. The fourth-order valence-electron chi connectivity index (χ4n) is 2.27. The van der Waals surface area contributed by atoms with Crippen molar-refractivity contribution in [2.75, 3.05) is 10.6 Å². The summed E-state index contributed by atoms with van der Waals surface area (Å²) in [5, 5.41) is 5.03. The van der Waals surface area contributed by atoms with Crippen molar-refractivity contribution in [3.8, 4) is 0 Å². The number of amides is 2. The van der Waals surface area contributed by atoms with Gasteiger partial charge in [-0.3, -0.25) is 9.59 Å². The van der Waals surface area contributed by atoms with E-state index in [1.165, 1.54) is 24.3 Å². The third-order valence-electron chi connectivity index (χ3n) is 3.22. The van der Waals surface area contributed by atoms with Crippen molar-refractivity contribution in [2.45, 2.75) is 20.8 Å². The van der Waals surface area contributed by atoms with Gasteiger partial charge in [0.05, 0.1) is 0 Å². The molecule has 2 aromatic carbocycles. The number of anilines is 2. The highest BCUT2D eigenvalue weighted by Crippen LogP contribution is 2.21. The van der Waals surface area contributed by atoms with Crippen LogP contribution in [0.2, 0.25) is 0 Å². The van der Waals surface area contributed by atoms with Crippen molar-refractivity contribution >= 4 is 23.2 Å². The molecule has 114 valence electrons. The monoisotopic (exact) mass is 300 g/mol. The molecule has 0 aliphatic heterocycles. The molecule has 0 heterocycles. The Kier molecular flexibility index (Phi) is 4.56. The first-order valence-corrected chi connectivity index (χ1v) is 6.82. The van der Waals surface area contributed by atoms with Crippen LogP contribution in [0.1, 0.15) is 16.7 Å². The molecular formula is C17H17FN2O2. The number of aryl methyl sites for hydroxylation is 3. The first-order chi connectivity index (χ1) is 10.4. The van der Waals surface area contributed by atoms with Crippen molar-refractivity contribution in [1.82, 2.24) is 0 Å². The smallest absolute Gasteiger partial charge is 0.314 e. The van der Waals surface area contributed by atoms with E-state index in [1.807, 2.05) is 32.9 Å². The highest BCUT2D eigenvalue weighted by atomic mass is 19.1. The Balaban J connectivity index is 2.09. The van der Waals surface area contributed by atoms with E-state index in [1.54, 1.807) is 0 Å². The number of carbonyl (C=O) groups is 2. The summed E-state index contributed by atoms with van der Waals surface area (Å²) in [5.74, 6) is -1.97. The van der Waals surface area contributed by atoms with Crippen LogP contribution < -0.4 is 10.6 Å². The Labute approximate surface area is 128 Å². The lowest BCUT2D eigenvalue weighted by molar-refractivity contribution is -0.133. The maximum absolute atomic E-state index is 12.8. The largest absolute Gasteiger partial charge is 0.318 e. The highest BCUT2D eigenvalue weighted by molar-refractivity contribution is 6.43. The summed E-state index contributed by atoms with van der Waals surface area (Å²) in [6.07, 6.45) is 0. The van der Waals surface area contributed by atoms with Gasteiger partial charge in [-0.1, -0.05) is 17.7 Å². The topological polar surface area (TPSA) is 58.2 Å². The van der Waals surface area contributed by atoms with Gasteiger partial charge in [-0.25, -0.2) is 4.39 Å². The molecule has 0 aliphatic carbocycles. The molecule has 4 nitrogen and oxygen atoms in total. The first-order valence-electron chi connectivity index (χ1n) is 6.82. The standard InChI is InChI=1S/C17H17FN2O2/c1-10-8-11(2)15(12(3)9-10)20-17(22)16(21)19-14-6-4-13(18)5-7-14/h4-9H,1-3H3,(H,19,21)(H,20,22). The molecule has 0 unspecified atom stereocenters.